The van der Waals surface area contributed by atoms with Crippen LogP contribution in [-0.2, 0) is 4.79 Å². The molecular weight excluding hydrogens is 412 g/mol. The van der Waals surface area contributed by atoms with Crippen molar-refractivity contribution in [1.82, 2.24) is 9.80 Å². The van der Waals surface area contributed by atoms with Crippen LogP contribution >= 0.6 is 0 Å². The predicted molar refractivity (Wildman–Crippen MR) is 132 cm³/mol. The predicted octanol–water partition coefficient (Wildman–Crippen LogP) is 4.07. The average molecular weight is 447 g/mol. The molecule has 6 nitrogen and oxygen atoms in total. The van der Waals surface area contributed by atoms with E-state index >= 15 is 0 Å². The third-order valence-electron chi connectivity index (χ3n) is 7.25. The highest BCUT2D eigenvalue weighted by atomic mass is 16.2. The van der Waals surface area contributed by atoms with E-state index in [1.807, 2.05) is 42.2 Å². The third-order valence-corrected chi connectivity index (χ3v) is 7.25. The Balaban J connectivity index is 1.50. The van der Waals surface area contributed by atoms with Crippen molar-refractivity contribution in [2.45, 2.75) is 38.6 Å². The van der Waals surface area contributed by atoms with Gasteiger partial charge in [0.05, 0.1) is 17.3 Å². The first-order valence-electron chi connectivity index (χ1n) is 12.3. The quantitative estimate of drug-likeness (QED) is 0.752. The standard InChI is InChI=1S/C27H34N4O2/c1-19-16-22(24(30-12-6-7-13-30)17-23(19)28-26(32)21-10-11-21)27(33)31-15-14-29(2)18-25(31)20-8-4-3-5-9-20/h3-5,8-9,16-17,21,25H,6-7,10-15,18H2,1-2H3,(H,28,32). The van der Waals surface area contributed by atoms with Crippen LogP contribution in [0.3, 0.4) is 0 Å². The molecule has 6 heteroatoms. The van der Waals surface area contributed by atoms with Crippen LogP contribution in [0.15, 0.2) is 42.5 Å². The number of hydrogen-bond donors (Lipinski definition) is 1. The molecule has 2 aromatic carbocycles. The molecule has 2 aromatic rings. The SMILES string of the molecule is Cc1cc(C(=O)N2CCN(C)CC2c2ccccc2)c(N2CCCC2)cc1NC(=O)C1CC1. The first-order chi connectivity index (χ1) is 16.0. The van der Waals surface area contributed by atoms with E-state index in [4.69, 9.17) is 0 Å². The summed E-state index contributed by atoms with van der Waals surface area (Å²) in [6.45, 7) is 6.28. The summed E-state index contributed by atoms with van der Waals surface area (Å²) in [5.74, 6) is 0.340. The van der Waals surface area contributed by atoms with Crippen LogP contribution in [0, 0.1) is 12.8 Å². The van der Waals surface area contributed by atoms with Gasteiger partial charge in [-0.15, -0.1) is 0 Å². The minimum absolute atomic E-state index is 0.0263. The van der Waals surface area contributed by atoms with E-state index in [1.54, 1.807) is 0 Å². The molecule has 2 saturated heterocycles. The van der Waals surface area contributed by atoms with Gasteiger partial charge in [-0.3, -0.25) is 9.59 Å². The molecule has 1 atom stereocenters. The van der Waals surface area contributed by atoms with Gasteiger partial charge < -0.3 is 20.0 Å². The van der Waals surface area contributed by atoms with Crippen LogP contribution in [0.2, 0.25) is 0 Å². The second-order valence-electron chi connectivity index (χ2n) is 9.83. The van der Waals surface area contributed by atoms with Crippen LogP contribution in [-0.4, -0.2) is 61.4 Å². The van der Waals surface area contributed by atoms with Gasteiger partial charge >= 0.3 is 0 Å². The lowest BCUT2D eigenvalue weighted by Crippen LogP contribution is -2.49. The smallest absolute Gasteiger partial charge is 0.256 e. The van der Waals surface area contributed by atoms with Gasteiger partial charge in [-0.2, -0.15) is 0 Å². The van der Waals surface area contributed by atoms with Gasteiger partial charge in [0.15, 0.2) is 0 Å². The molecule has 1 N–H and O–H groups in total. The van der Waals surface area contributed by atoms with Crippen molar-refractivity contribution in [3.05, 3.63) is 59.2 Å². The summed E-state index contributed by atoms with van der Waals surface area (Å²) in [6.07, 6.45) is 4.22. The van der Waals surface area contributed by atoms with E-state index in [1.165, 1.54) is 5.56 Å². The summed E-state index contributed by atoms with van der Waals surface area (Å²) in [5.41, 5.74) is 4.67. The molecule has 0 aromatic heterocycles. The highest BCUT2D eigenvalue weighted by Gasteiger charge is 2.34. The van der Waals surface area contributed by atoms with Crippen molar-refractivity contribution in [3.8, 4) is 0 Å². The Labute approximate surface area is 196 Å². The summed E-state index contributed by atoms with van der Waals surface area (Å²) in [6, 6.07) is 14.4. The van der Waals surface area contributed by atoms with E-state index in [-0.39, 0.29) is 23.8 Å². The summed E-state index contributed by atoms with van der Waals surface area (Å²) < 4.78 is 0. The fourth-order valence-electron chi connectivity index (χ4n) is 5.08. The molecule has 0 bridgehead atoms. The molecular formula is C27H34N4O2. The summed E-state index contributed by atoms with van der Waals surface area (Å²) >= 11 is 0. The largest absolute Gasteiger partial charge is 0.371 e. The Morgan fingerprint density at radius 2 is 1.70 bits per heavy atom. The minimum Gasteiger partial charge on any atom is -0.371 e. The number of piperazine rings is 1. The lowest BCUT2D eigenvalue weighted by atomic mass is 9.99. The van der Waals surface area contributed by atoms with Gasteiger partial charge in [0.25, 0.3) is 5.91 Å². The number of carbonyl (C=O) groups is 2. The second-order valence-corrected chi connectivity index (χ2v) is 9.83. The number of hydrogen-bond acceptors (Lipinski definition) is 4. The maximum Gasteiger partial charge on any atom is 0.256 e. The molecule has 2 heterocycles. The molecule has 174 valence electrons. The van der Waals surface area contributed by atoms with E-state index < -0.39 is 0 Å². The van der Waals surface area contributed by atoms with Crippen LogP contribution < -0.4 is 10.2 Å². The molecule has 2 amide bonds. The zero-order valence-electron chi connectivity index (χ0n) is 19.7. The van der Waals surface area contributed by atoms with E-state index in [2.05, 4.69) is 34.3 Å². The van der Waals surface area contributed by atoms with Crippen molar-refractivity contribution >= 4 is 23.2 Å². The van der Waals surface area contributed by atoms with Crippen molar-refractivity contribution in [2.75, 3.05) is 50.0 Å². The molecule has 0 radical (unpaired) electrons. The van der Waals surface area contributed by atoms with E-state index in [9.17, 15) is 9.59 Å². The number of amides is 2. The van der Waals surface area contributed by atoms with Gasteiger partial charge in [-0.05, 0) is 62.9 Å². The maximum absolute atomic E-state index is 14.1. The molecule has 3 aliphatic rings. The number of carbonyl (C=O) groups excluding carboxylic acids is 2. The molecule has 5 rings (SSSR count). The number of rotatable bonds is 5. The molecule has 33 heavy (non-hydrogen) atoms. The van der Waals surface area contributed by atoms with Crippen molar-refractivity contribution in [1.29, 1.82) is 0 Å². The van der Waals surface area contributed by atoms with Gasteiger partial charge in [-0.1, -0.05) is 30.3 Å². The number of benzene rings is 2. The van der Waals surface area contributed by atoms with Crippen molar-refractivity contribution in [2.24, 2.45) is 5.92 Å². The minimum atomic E-state index is 0.0263. The van der Waals surface area contributed by atoms with Crippen molar-refractivity contribution in [3.63, 3.8) is 0 Å². The first-order valence-corrected chi connectivity index (χ1v) is 12.3. The molecule has 1 unspecified atom stereocenters. The number of anilines is 2. The van der Waals surface area contributed by atoms with Gasteiger partial charge in [0.2, 0.25) is 5.91 Å². The summed E-state index contributed by atoms with van der Waals surface area (Å²) in [7, 11) is 2.12. The molecule has 0 spiro atoms. The lowest BCUT2D eigenvalue weighted by molar-refractivity contribution is -0.117. The third kappa shape index (κ3) is 4.62. The Bertz CT molecular complexity index is 1030. The highest BCUT2D eigenvalue weighted by Crippen LogP contribution is 2.36. The lowest BCUT2D eigenvalue weighted by Gasteiger charge is -2.41. The maximum atomic E-state index is 14.1. The number of nitrogens with zero attached hydrogens (tertiary/aromatic N) is 3. The Morgan fingerprint density at radius 1 is 0.970 bits per heavy atom. The molecule has 3 fully saturated rings. The highest BCUT2D eigenvalue weighted by molar-refractivity contribution is 6.03. The van der Waals surface area contributed by atoms with Crippen LogP contribution in [0.5, 0.6) is 0 Å². The fraction of sp³-hybridized carbons (Fsp3) is 0.481. The normalized spacial score (nSPS) is 21.3. The average Bonchev–Trinajstić information content (AvgIpc) is 3.55. The zero-order valence-corrected chi connectivity index (χ0v) is 19.7. The zero-order chi connectivity index (χ0) is 22.9. The van der Waals surface area contributed by atoms with Gasteiger partial charge in [-0.25, -0.2) is 0 Å². The Morgan fingerprint density at radius 3 is 2.39 bits per heavy atom. The Hall–Kier alpha value is -2.86. The van der Waals surface area contributed by atoms with Gasteiger partial charge in [0.1, 0.15) is 0 Å². The van der Waals surface area contributed by atoms with E-state index in [0.29, 0.717) is 6.54 Å². The molecule has 1 aliphatic carbocycles. The second kappa shape index (κ2) is 9.18. The number of nitrogens with one attached hydrogen (secondary N) is 1. The Kier molecular flexibility index (Phi) is 6.11. The monoisotopic (exact) mass is 446 g/mol. The number of likely N-dealkylation sites (N-methyl/N-ethyl adjacent to an activating group) is 1. The number of aryl methyl sites for hydroxylation is 1. The van der Waals surface area contributed by atoms with E-state index in [0.717, 1.165) is 74.4 Å². The van der Waals surface area contributed by atoms with Crippen LogP contribution in [0.1, 0.15) is 53.2 Å². The van der Waals surface area contributed by atoms with Crippen LogP contribution in [0.4, 0.5) is 11.4 Å². The van der Waals surface area contributed by atoms with Crippen LogP contribution in [0.25, 0.3) is 0 Å². The fourth-order valence-corrected chi connectivity index (χ4v) is 5.08. The van der Waals surface area contributed by atoms with Gasteiger partial charge in [0, 0.05) is 44.3 Å². The summed E-state index contributed by atoms with van der Waals surface area (Å²) in [5, 5.41) is 3.12. The topological polar surface area (TPSA) is 55.9 Å². The molecule has 1 saturated carbocycles. The molecule has 2 aliphatic heterocycles. The van der Waals surface area contributed by atoms with Crippen molar-refractivity contribution < 1.29 is 9.59 Å². The first kappa shape index (κ1) is 22.0. The summed E-state index contributed by atoms with van der Waals surface area (Å²) in [4.78, 5) is 33.2.